The summed E-state index contributed by atoms with van der Waals surface area (Å²) in [5.74, 6) is -0.629. The molecule has 2 aromatic rings. The van der Waals surface area contributed by atoms with Gasteiger partial charge in [0, 0.05) is 7.11 Å². The number of carboxylic acids is 1. The van der Waals surface area contributed by atoms with Gasteiger partial charge in [-0.15, -0.1) is 11.3 Å². The molecule has 0 aromatic carbocycles. The number of aromatic nitrogens is 1. The second kappa shape index (κ2) is 6.93. The van der Waals surface area contributed by atoms with Gasteiger partial charge in [0.25, 0.3) is 0 Å². The Morgan fingerprint density at radius 2 is 2.26 bits per heavy atom. The van der Waals surface area contributed by atoms with E-state index in [-0.39, 0.29) is 13.0 Å². The highest BCUT2D eigenvalue weighted by atomic mass is 32.1. The number of oxazole rings is 1. The zero-order valence-corrected chi connectivity index (χ0v) is 13.9. The lowest BCUT2D eigenvalue weighted by Gasteiger charge is -2.25. The van der Waals surface area contributed by atoms with Crippen LogP contribution >= 0.6 is 11.3 Å². The van der Waals surface area contributed by atoms with Gasteiger partial charge in [0.2, 0.25) is 11.8 Å². The highest BCUT2D eigenvalue weighted by Gasteiger charge is 2.35. The number of nitrogens with one attached hydrogen (secondary N) is 1. The summed E-state index contributed by atoms with van der Waals surface area (Å²) in [5.41, 5.74) is -1.00. The molecule has 23 heavy (non-hydrogen) atoms. The molecule has 0 aliphatic rings. The van der Waals surface area contributed by atoms with Crippen LogP contribution < -0.4 is 5.32 Å². The minimum absolute atomic E-state index is 0.0622. The van der Waals surface area contributed by atoms with E-state index in [1.54, 1.807) is 6.92 Å². The SMILES string of the molecule is COCC(C)(NC(=O)Cc1nc(-c2cccs2)oc1C)C(=O)O. The largest absolute Gasteiger partial charge is 0.479 e. The van der Waals surface area contributed by atoms with Crippen LogP contribution in [0.2, 0.25) is 0 Å². The number of thiophene rings is 1. The maximum Gasteiger partial charge on any atom is 0.331 e. The number of hydrogen-bond acceptors (Lipinski definition) is 6. The number of aryl methyl sites for hydroxylation is 1. The van der Waals surface area contributed by atoms with E-state index in [2.05, 4.69) is 10.3 Å². The Balaban J connectivity index is 2.10. The van der Waals surface area contributed by atoms with E-state index < -0.39 is 17.4 Å². The van der Waals surface area contributed by atoms with Crippen LogP contribution in [0.5, 0.6) is 0 Å². The molecule has 1 unspecified atom stereocenters. The molecule has 2 N–H and O–H groups in total. The molecular weight excluding hydrogens is 320 g/mol. The van der Waals surface area contributed by atoms with Crippen LogP contribution in [-0.4, -0.2) is 41.2 Å². The van der Waals surface area contributed by atoms with Gasteiger partial charge >= 0.3 is 5.97 Å². The zero-order valence-electron chi connectivity index (χ0n) is 13.1. The Morgan fingerprint density at radius 1 is 1.52 bits per heavy atom. The molecule has 0 aliphatic carbocycles. The number of carbonyl (C=O) groups excluding carboxylic acids is 1. The third-order valence-corrected chi connectivity index (χ3v) is 4.13. The average Bonchev–Trinajstić information content (AvgIpc) is 3.09. The van der Waals surface area contributed by atoms with Crippen molar-refractivity contribution in [3.8, 4) is 10.8 Å². The maximum absolute atomic E-state index is 12.1. The fraction of sp³-hybridized carbons (Fsp3) is 0.400. The van der Waals surface area contributed by atoms with Gasteiger partial charge in [-0.3, -0.25) is 4.79 Å². The molecule has 0 saturated heterocycles. The minimum Gasteiger partial charge on any atom is -0.479 e. The first-order valence-corrected chi connectivity index (χ1v) is 7.77. The van der Waals surface area contributed by atoms with Gasteiger partial charge in [-0.1, -0.05) is 6.07 Å². The van der Waals surface area contributed by atoms with Crippen LogP contribution in [0.15, 0.2) is 21.9 Å². The summed E-state index contributed by atoms with van der Waals surface area (Å²) in [7, 11) is 1.38. The van der Waals surface area contributed by atoms with Gasteiger partial charge in [0.05, 0.1) is 23.6 Å². The smallest absolute Gasteiger partial charge is 0.331 e. The lowest BCUT2D eigenvalue weighted by Crippen LogP contribution is -2.55. The number of amides is 1. The number of rotatable bonds is 7. The number of aliphatic carboxylic acids is 1. The monoisotopic (exact) mass is 338 g/mol. The highest BCUT2D eigenvalue weighted by molar-refractivity contribution is 7.13. The molecule has 2 aromatic heterocycles. The van der Waals surface area contributed by atoms with E-state index in [0.717, 1.165) is 4.88 Å². The molecule has 0 bridgehead atoms. The van der Waals surface area contributed by atoms with Crippen molar-refractivity contribution in [3.63, 3.8) is 0 Å². The van der Waals surface area contributed by atoms with E-state index in [0.29, 0.717) is 17.3 Å². The fourth-order valence-electron chi connectivity index (χ4n) is 2.04. The van der Waals surface area contributed by atoms with E-state index in [1.807, 2.05) is 17.5 Å². The molecule has 1 amide bonds. The second-order valence-electron chi connectivity index (χ2n) is 5.29. The Bertz CT molecular complexity index is 695. The van der Waals surface area contributed by atoms with Crippen molar-refractivity contribution in [2.24, 2.45) is 0 Å². The van der Waals surface area contributed by atoms with Crippen LogP contribution in [0.3, 0.4) is 0 Å². The van der Waals surface area contributed by atoms with Crippen LogP contribution in [-0.2, 0) is 20.7 Å². The average molecular weight is 338 g/mol. The predicted molar refractivity (Wildman–Crippen MR) is 84.3 cm³/mol. The number of carboxylic acid groups (broad SMARTS) is 1. The molecule has 1 atom stereocenters. The Morgan fingerprint density at radius 3 is 2.83 bits per heavy atom. The predicted octanol–water partition coefficient (Wildman–Crippen LogP) is 1.86. The topological polar surface area (TPSA) is 102 Å². The molecule has 8 heteroatoms. The first-order chi connectivity index (χ1) is 10.9. The number of hydrogen-bond donors (Lipinski definition) is 2. The van der Waals surface area contributed by atoms with Crippen molar-refractivity contribution in [2.75, 3.05) is 13.7 Å². The van der Waals surface area contributed by atoms with Crippen molar-refractivity contribution >= 4 is 23.2 Å². The summed E-state index contributed by atoms with van der Waals surface area (Å²) >= 11 is 1.49. The second-order valence-corrected chi connectivity index (χ2v) is 6.24. The number of methoxy groups -OCH3 is 1. The third kappa shape index (κ3) is 3.96. The summed E-state index contributed by atoms with van der Waals surface area (Å²) in [4.78, 5) is 28.6. The molecule has 0 spiro atoms. The third-order valence-electron chi connectivity index (χ3n) is 3.27. The van der Waals surface area contributed by atoms with Gasteiger partial charge in [-0.05, 0) is 25.3 Å². The normalized spacial score (nSPS) is 13.5. The van der Waals surface area contributed by atoms with Gasteiger partial charge in [-0.2, -0.15) is 0 Å². The van der Waals surface area contributed by atoms with Crippen molar-refractivity contribution in [3.05, 3.63) is 29.0 Å². The summed E-state index contributed by atoms with van der Waals surface area (Å²) in [6, 6.07) is 3.76. The molecule has 2 heterocycles. The molecule has 124 valence electrons. The van der Waals surface area contributed by atoms with Gasteiger partial charge in [0.1, 0.15) is 5.76 Å². The lowest BCUT2D eigenvalue weighted by molar-refractivity contribution is -0.149. The van der Waals surface area contributed by atoms with E-state index in [1.165, 1.54) is 25.4 Å². The Labute approximate surface area is 137 Å². The number of ether oxygens (including phenoxy) is 1. The maximum atomic E-state index is 12.1. The molecule has 7 nitrogen and oxygen atoms in total. The molecule has 2 rings (SSSR count). The fourth-order valence-corrected chi connectivity index (χ4v) is 2.69. The first-order valence-electron chi connectivity index (χ1n) is 6.89. The molecule has 0 saturated carbocycles. The minimum atomic E-state index is -1.49. The van der Waals surface area contributed by atoms with Crippen molar-refractivity contribution in [1.82, 2.24) is 10.3 Å². The molecular formula is C15H18N2O5S. The van der Waals surface area contributed by atoms with E-state index in [9.17, 15) is 14.7 Å². The molecule has 0 fully saturated rings. The van der Waals surface area contributed by atoms with Crippen LogP contribution in [0.1, 0.15) is 18.4 Å². The number of carbonyl (C=O) groups is 2. The van der Waals surface area contributed by atoms with E-state index >= 15 is 0 Å². The van der Waals surface area contributed by atoms with E-state index in [4.69, 9.17) is 9.15 Å². The van der Waals surface area contributed by atoms with Crippen molar-refractivity contribution < 1.29 is 23.8 Å². The summed E-state index contributed by atoms with van der Waals surface area (Å²) < 4.78 is 10.4. The van der Waals surface area contributed by atoms with Gasteiger partial charge in [-0.25, -0.2) is 9.78 Å². The highest BCUT2D eigenvalue weighted by Crippen LogP contribution is 2.26. The zero-order chi connectivity index (χ0) is 17.0. The number of nitrogens with zero attached hydrogens (tertiary/aromatic N) is 1. The summed E-state index contributed by atoms with van der Waals surface area (Å²) in [5, 5.41) is 13.6. The lowest BCUT2D eigenvalue weighted by atomic mass is 10.0. The first kappa shape index (κ1) is 17.2. The quantitative estimate of drug-likeness (QED) is 0.799. The molecule has 0 radical (unpaired) electrons. The van der Waals surface area contributed by atoms with Gasteiger partial charge < -0.3 is 19.6 Å². The standard InChI is InChI=1S/C15H18N2O5S/c1-9-10(16-13(22-9)11-5-4-6-23-11)7-12(18)17-15(2,8-21-3)14(19)20/h4-6H,7-8H2,1-3H3,(H,17,18)(H,19,20). The summed E-state index contributed by atoms with van der Waals surface area (Å²) in [6.07, 6.45) is -0.0622. The molecule has 0 aliphatic heterocycles. The van der Waals surface area contributed by atoms with Crippen molar-refractivity contribution in [1.29, 1.82) is 0 Å². The Kier molecular flexibility index (Phi) is 5.17. The summed E-state index contributed by atoms with van der Waals surface area (Å²) in [6.45, 7) is 2.98. The van der Waals surface area contributed by atoms with Crippen LogP contribution in [0.4, 0.5) is 0 Å². The Hall–Kier alpha value is -2.19. The van der Waals surface area contributed by atoms with Gasteiger partial charge in [0.15, 0.2) is 5.54 Å². The van der Waals surface area contributed by atoms with Crippen molar-refractivity contribution in [2.45, 2.75) is 25.8 Å². The van der Waals surface area contributed by atoms with Crippen LogP contribution in [0.25, 0.3) is 10.8 Å². The van der Waals surface area contributed by atoms with Crippen LogP contribution in [0, 0.1) is 6.92 Å².